The van der Waals surface area contributed by atoms with Gasteiger partial charge in [-0.3, -0.25) is 0 Å². The fourth-order valence-electron chi connectivity index (χ4n) is 0.746. The molecule has 1 rings (SSSR count). The van der Waals surface area contributed by atoms with Gasteiger partial charge in [-0.15, -0.1) is 0 Å². The quantitative estimate of drug-likeness (QED) is 0.503. The topological polar surface area (TPSA) is 99.1 Å². The van der Waals surface area contributed by atoms with Crippen LogP contribution < -0.4 is 21.7 Å². The number of nitrogens with zero attached hydrogens (tertiary/aromatic N) is 2. The van der Waals surface area contributed by atoms with Crippen LogP contribution in [0.25, 0.3) is 0 Å². The predicted octanol–water partition coefficient (Wildman–Crippen LogP) is 0.285. The zero-order valence-corrected chi connectivity index (χ0v) is 7.38. The van der Waals surface area contributed by atoms with E-state index in [9.17, 15) is 13.2 Å². The van der Waals surface area contributed by atoms with Gasteiger partial charge in [-0.2, -0.15) is 23.1 Å². The predicted molar refractivity (Wildman–Crippen MR) is 45.8 cm³/mol. The summed E-state index contributed by atoms with van der Waals surface area (Å²) in [5.41, 5.74) is 7.31. The summed E-state index contributed by atoms with van der Waals surface area (Å²) in [5, 5.41) is 0. The molecule has 0 spiro atoms. The summed E-state index contributed by atoms with van der Waals surface area (Å²) in [5.74, 6) is 4.53. The van der Waals surface area contributed by atoms with E-state index in [4.69, 9.17) is 11.6 Å². The Labute approximate surface area is 82.4 Å². The molecule has 1 heterocycles. The van der Waals surface area contributed by atoms with Crippen LogP contribution in [0.15, 0.2) is 6.07 Å². The molecule has 1 aromatic heterocycles. The molecule has 0 bridgehead atoms. The fraction of sp³-hybridized carbons (Fsp3) is 0.333. The summed E-state index contributed by atoms with van der Waals surface area (Å²) in [4.78, 5) is 7.00. The minimum absolute atomic E-state index is 0.0691. The first-order valence-electron chi connectivity index (χ1n) is 3.71. The maximum atomic E-state index is 11.8. The van der Waals surface area contributed by atoms with Gasteiger partial charge in [0.1, 0.15) is 5.82 Å². The van der Waals surface area contributed by atoms with E-state index in [0.717, 1.165) is 6.07 Å². The first-order valence-corrected chi connectivity index (χ1v) is 3.71. The number of hydrogen-bond donors (Lipinski definition) is 3. The Morgan fingerprint density at radius 2 is 2.07 bits per heavy atom. The van der Waals surface area contributed by atoms with Crippen molar-refractivity contribution in [1.82, 2.24) is 9.97 Å². The number of nitrogens with two attached hydrogens (primary N) is 2. The van der Waals surface area contributed by atoms with Crippen LogP contribution in [-0.4, -0.2) is 22.8 Å². The number of nitrogens with one attached hydrogen (secondary N) is 1. The summed E-state index contributed by atoms with van der Waals surface area (Å²) < 4.78 is 39.7. The Kier molecular flexibility index (Phi) is 3.14. The van der Waals surface area contributed by atoms with E-state index in [1.54, 1.807) is 0 Å². The van der Waals surface area contributed by atoms with Crippen molar-refractivity contribution in [2.75, 3.05) is 17.8 Å². The highest BCUT2D eigenvalue weighted by molar-refractivity contribution is 5.41. The third-order valence-corrected chi connectivity index (χ3v) is 1.25. The van der Waals surface area contributed by atoms with Gasteiger partial charge in [0.25, 0.3) is 0 Å². The molecule has 0 aliphatic heterocycles. The number of hydrogen-bond acceptors (Lipinski definition) is 6. The average Bonchev–Trinajstić information content (AvgIpc) is 2.13. The Hall–Kier alpha value is -1.77. The van der Waals surface area contributed by atoms with Gasteiger partial charge in [-0.05, 0) is 0 Å². The molecule has 0 unspecified atom stereocenters. The van der Waals surface area contributed by atoms with Crippen LogP contribution in [0.2, 0.25) is 0 Å². The van der Waals surface area contributed by atoms with Gasteiger partial charge in [0.05, 0.1) is 0 Å². The molecular formula is C6H8F3N5O. The molecule has 0 amide bonds. The molecule has 15 heavy (non-hydrogen) atoms. The molecular weight excluding hydrogens is 215 g/mol. The number of nitrogen functional groups attached to an aromatic ring is 2. The van der Waals surface area contributed by atoms with Crippen LogP contribution in [0.4, 0.5) is 24.9 Å². The van der Waals surface area contributed by atoms with Gasteiger partial charge in [0.2, 0.25) is 11.8 Å². The number of alkyl halides is 3. The van der Waals surface area contributed by atoms with Crippen molar-refractivity contribution >= 4 is 11.8 Å². The Balaban J connectivity index is 2.73. The SMILES string of the molecule is NNc1cc(OCC(F)(F)F)nc(N)n1. The molecule has 84 valence electrons. The molecule has 6 nitrogen and oxygen atoms in total. The number of ether oxygens (including phenoxy) is 1. The maximum absolute atomic E-state index is 11.8. The maximum Gasteiger partial charge on any atom is 0.422 e. The highest BCUT2D eigenvalue weighted by Crippen LogP contribution is 2.19. The average molecular weight is 223 g/mol. The number of anilines is 2. The Morgan fingerprint density at radius 3 is 2.60 bits per heavy atom. The zero-order chi connectivity index (χ0) is 11.5. The Morgan fingerprint density at radius 1 is 1.40 bits per heavy atom. The van der Waals surface area contributed by atoms with E-state index >= 15 is 0 Å². The van der Waals surface area contributed by atoms with Crippen LogP contribution in [0.1, 0.15) is 0 Å². The largest absolute Gasteiger partial charge is 0.468 e. The van der Waals surface area contributed by atoms with Crippen molar-refractivity contribution in [3.63, 3.8) is 0 Å². The van der Waals surface area contributed by atoms with Gasteiger partial charge in [-0.25, -0.2) is 5.84 Å². The summed E-state index contributed by atoms with van der Waals surface area (Å²) in [6, 6.07) is 1.10. The van der Waals surface area contributed by atoms with Crippen molar-refractivity contribution < 1.29 is 17.9 Å². The van der Waals surface area contributed by atoms with Crippen molar-refractivity contribution in [2.45, 2.75) is 6.18 Å². The zero-order valence-electron chi connectivity index (χ0n) is 7.38. The standard InChI is InChI=1S/C6H8F3N5O/c7-6(8,9)2-15-4-1-3(14-11)12-5(10)13-4/h1H,2,11H2,(H3,10,12,13,14). The highest BCUT2D eigenvalue weighted by atomic mass is 19.4. The molecule has 0 atom stereocenters. The molecule has 0 saturated heterocycles. The lowest BCUT2D eigenvalue weighted by atomic mass is 10.5. The van der Waals surface area contributed by atoms with E-state index in [2.05, 4.69) is 20.1 Å². The Bertz CT molecular complexity index is 342. The van der Waals surface area contributed by atoms with Crippen molar-refractivity contribution in [3.8, 4) is 5.88 Å². The minimum atomic E-state index is -4.43. The molecule has 0 aromatic carbocycles. The van der Waals surface area contributed by atoms with Gasteiger partial charge in [0, 0.05) is 6.07 Å². The monoisotopic (exact) mass is 223 g/mol. The second kappa shape index (κ2) is 4.17. The first kappa shape index (κ1) is 11.3. The summed E-state index contributed by atoms with van der Waals surface area (Å²) in [6.07, 6.45) is -4.43. The molecule has 9 heteroatoms. The summed E-state index contributed by atoms with van der Waals surface area (Å²) in [7, 11) is 0. The van der Waals surface area contributed by atoms with Crippen LogP contribution >= 0.6 is 0 Å². The first-order chi connectivity index (χ1) is 6.90. The third-order valence-electron chi connectivity index (χ3n) is 1.25. The molecule has 5 N–H and O–H groups in total. The molecule has 1 aromatic rings. The van der Waals surface area contributed by atoms with Crippen molar-refractivity contribution in [1.29, 1.82) is 0 Å². The second-order valence-electron chi connectivity index (χ2n) is 2.50. The van der Waals surface area contributed by atoms with Crippen LogP contribution in [0, 0.1) is 0 Å². The lowest BCUT2D eigenvalue weighted by molar-refractivity contribution is -0.154. The fourth-order valence-corrected chi connectivity index (χ4v) is 0.746. The van der Waals surface area contributed by atoms with E-state index in [1.165, 1.54) is 0 Å². The molecule has 0 aliphatic rings. The number of aromatic nitrogens is 2. The molecule has 0 radical (unpaired) electrons. The normalized spacial score (nSPS) is 11.2. The second-order valence-corrected chi connectivity index (χ2v) is 2.50. The van der Waals surface area contributed by atoms with Crippen molar-refractivity contribution in [2.24, 2.45) is 5.84 Å². The number of rotatable bonds is 3. The smallest absolute Gasteiger partial charge is 0.422 e. The van der Waals surface area contributed by atoms with Gasteiger partial charge in [0.15, 0.2) is 6.61 Å². The molecule has 0 saturated carbocycles. The van der Waals surface area contributed by atoms with Crippen LogP contribution in [0.3, 0.4) is 0 Å². The third kappa shape index (κ3) is 3.85. The minimum Gasteiger partial charge on any atom is -0.468 e. The van der Waals surface area contributed by atoms with E-state index in [1.807, 2.05) is 0 Å². The molecule has 0 aliphatic carbocycles. The van der Waals surface area contributed by atoms with Crippen LogP contribution in [0.5, 0.6) is 5.88 Å². The summed E-state index contributed by atoms with van der Waals surface area (Å²) >= 11 is 0. The number of halogens is 3. The lowest BCUT2D eigenvalue weighted by Crippen LogP contribution is -2.20. The molecule has 0 fully saturated rings. The number of hydrazine groups is 1. The van der Waals surface area contributed by atoms with Crippen LogP contribution in [-0.2, 0) is 0 Å². The van der Waals surface area contributed by atoms with Crippen molar-refractivity contribution in [3.05, 3.63) is 6.07 Å². The van der Waals surface area contributed by atoms with Gasteiger partial charge < -0.3 is 15.9 Å². The summed E-state index contributed by atoms with van der Waals surface area (Å²) in [6.45, 7) is -1.45. The van der Waals surface area contributed by atoms with Gasteiger partial charge >= 0.3 is 6.18 Å². The van der Waals surface area contributed by atoms with E-state index in [-0.39, 0.29) is 17.6 Å². The van der Waals surface area contributed by atoms with E-state index < -0.39 is 12.8 Å². The highest BCUT2D eigenvalue weighted by Gasteiger charge is 2.28. The lowest BCUT2D eigenvalue weighted by Gasteiger charge is -2.09. The van der Waals surface area contributed by atoms with Gasteiger partial charge in [-0.1, -0.05) is 0 Å². The van der Waals surface area contributed by atoms with E-state index in [0.29, 0.717) is 0 Å².